The molecule has 0 aliphatic carbocycles. The van der Waals surface area contributed by atoms with Crippen molar-refractivity contribution in [3.8, 4) is 11.3 Å². The molecule has 5 nitrogen and oxygen atoms in total. The van der Waals surface area contributed by atoms with Crippen molar-refractivity contribution in [2.75, 3.05) is 13.1 Å². The highest BCUT2D eigenvalue weighted by molar-refractivity contribution is 6.30. The van der Waals surface area contributed by atoms with Crippen LogP contribution in [-0.2, 0) is 7.05 Å². The van der Waals surface area contributed by atoms with Crippen LogP contribution in [0.4, 0.5) is 0 Å². The second-order valence-electron chi connectivity index (χ2n) is 6.91. The summed E-state index contributed by atoms with van der Waals surface area (Å²) in [6.07, 6.45) is 5.44. The molecule has 0 radical (unpaired) electrons. The second-order valence-corrected chi connectivity index (χ2v) is 7.35. The Labute approximate surface area is 163 Å². The number of likely N-dealkylation sites (tertiary alicyclic amines) is 1. The van der Waals surface area contributed by atoms with Crippen molar-refractivity contribution in [2.45, 2.75) is 18.8 Å². The molecule has 6 heteroatoms. The van der Waals surface area contributed by atoms with Crippen molar-refractivity contribution in [1.29, 1.82) is 0 Å². The third-order valence-corrected chi connectivity index (χ3v) is 5.27. The molecule has 1 aromatic carbocycles. The van der Waals surface area contributed by atoms with E-state index in [1.165, 1.54) is 0 Å². The number of carbonyl (C=O) groups is 1. The zero-order valence-corrected chi connectivity index (χ0v) is 15.9. The van der Waals surface area contributed by atoms with Crippen LogP contribution in [0, 0.1) is 0 Å². The van der Waals surface area contributed by atoms with Gasteiger partial charge in [-0.3, -0.25) is 9.78 Å². The summed E-state index contributed by atoms with van der Waals surface area (Å²) in [6.45, 7) is 1.42. The molecule has 1 saturated heterocycles. The summed E-state index contributed by atoms with van der Waals surface area (Å²) in [5.74, 6) is 0.691. The quantitative estimate of drug-likeness (QED) is 0.685. The number of amides is 1. The summed E-state index contributed by atoms with van der Waals surface area (Å²) >= 11 is 6.12. The average Bonchev–Trinajstić information content (AvgIpc) is 3.13. The summed E-state index contributed by atoms with van der Waals surface area (Å²) in [7, 11) is 1.84. The number of piperidine rings is 1. The van der Waals surface area contributed by atoms with E-state index in [0.29, 0.717) is 17.4 Å². The van der Waals surface area contributed by atoms with E-state index < -0.39 is 0 Å². The molecule has 1 atom stereocenters. The van der Waals surface area contributed by atoms with Gasteiger partial charge in [0.25, 0.3) is 5.91 Å². The number of hydrogen-bond acceptors (Lipinski definition) is 3. The molecule has 3 heterocycles. The molecule has 0 saturated carbocycles. The molecular weight excluding hydrogens is 360 g/mol. The highest BCUT2D eigenvalue weighted by Crippen LogP contribution is 2.29. The maximum atomic E-state index is 12.8. The fourth-order valence-electron chi connectivity index (χ4n) is 3.60. The van der Waals surface area contributed by atoms with Crippen LogP contribution < -0.4 is 0 Å². The Morgan fingerprint density at radius 3 is 2.85 bits per heavy atom. The van der Waals surface area contributed by atoms with Crippen LogP contribution in [0.3, 0.4) is 0 Å². The van der Waals surface area contributed by atoms with Crippen LogP contribution in [0.25, 0.3) is 11.3 Å². The lowest BCUT2D eigenvalue weighted by atomic mass is 9.93. The number of pyridine rings is 1. The standard InChI is InChI=1S/C21H21ClN4O/c1-25-12-10-23-20(25)21(27)26-11-4-6-16(14-26)19-9-3-8-18(24-19)15-5-2-7-17(22)13-15/h2-3,5,7-10,12-13,16H,4,6,11,14H2,1H3. The minimum atomic E-state index is -0.0156. The molecule has 0 N–H and O–H groups in total. The number of aryl methyl sites for hydroxylation is 1. The van der Waals surface area contributed by atoms with Gasteiger partial charge in [0.15, 0.2) is 5.82 Å². The maximum Gasteiger partial charge on any atom is 0.289 e. The minimum Gasteiger partial charge on any atom is -0.335 e. The second kappa shape index (κ2) is 7.53. The van der Waals surface area contributed by atoms with Gasteiger partial charge in [0.2, 0.25) is 0 Å². The molecule has 1 amide bonds. The lowest BCUT2D eigenvalue weighted by Gasteiger charge is -2.32. The summed E-state index contributed by atoms with van der Waals surface area (Å²) < 4.78 is 1.77. The van der Waals surface area contributed by atoms with Gasteiger partial charge >= 0.3 is 0 Å². The van der Waals surface area contributed by atoms with E-state index in [-0.39, 0.29) is 11.8 Å². The Bertz CT molecular complexity index is 968. The lowest BCUT2D eigenvalue weighted by Crippen LogP contribution is -2.40. The van der Waals surface area contributed by atoms with Crippen LogP contribution in [0.1, 0.15) is 35.1 Å². The van der Waals surface area contributed by atoms with Crippen LogP contribution in [-0.4, -0.2) is 38.4 Å². The largest absolute Gasteiger partial charge is 0.335 e. The van der Waals surface area contributed by atoms with Crippen molar-refractivity contribution in [2.24, 2.45) is 7.05 Å². The van der Waals surface area contributed by atoms with E-state index in [1.54, 1.807) is 17.0 Å². The number of hydrogen-bond donors (Lipinski definition) is 0. The first kappa shape index (κ1) is 17.7. The van der Waals surface area contributed by atoms with Crippen LogP contribution in [0.5, 0.6) is 0 Å². The third-order valence-electron chi connectivity index (χ3n) is 5.03. The van der Waals surface area contributed by atoms with Gasteiger partial charge in [-0.15, -0.1) is 0 Å². The van der Waals surface area contributed by atoms with Crippen LogP contribution in [0.15, 0.2) is 54.9 Å². The summed E-state index contributed by atoms with van der Waals surface area (Å²) in [6, 6.07) is 13.8. The third kappa shape index (κ3) is 3.74. The van der Waals surface area contributed by atoms with Gasteiger partial charge in [-0.05, 0) is 37.1 Å². The van der Waals surface area contributed by atoms with Crippen molar-refractivity contribution in [1.82, 2.24) is 19.4 Å². The van der Waals surface area contributed by atoms with Crippen molar-refractivity contribution >= 4 is 17.5 Å². The first-order valence-corrected chi connectivity index (χ1v) is 9.49. The summed E-state index contributed by atoms with van der Waals surface area (Å²) in [4.78, 5) is 23.7. The SMILES string of the molecule is Cn1ccnc1C(=O)N1CCCC(c2cccc(-c3cccc(Cl)c3)n2)C1. The van der Waals surface area contributed by atoms with Crippen molar-refractivity contribution in [3.63, 3.8) is 0 Å². The molecule has 138 valence electrons. The van der Waals surface area contributed by atoms with E-state index in [0.717, 1.165) is 36.3 Å². The fourth-order valence-corrected chi connectivity index (χ4v) is 3.79. The average molecular weight is 381 g/mol. The molecule has 1 aliphatic heterocycles. The van der Waals surface area contributed by atoms with E-state index in [1.807, 2.05) is 54.4 Å². The smallest absolute Gasteiger partial charge is 0.289 e. The Kier molecular flexibility index (Phi) is 4.94. The number of aromatic nitrogens is 3. The van der Waals surface area contributed by atoms with Gasteiger partial charge in [-0.25, -0.2) is 4.98 Å². The van der Waals surface area contributed by atoms with Gasteiger partial charge in [-0.2, -0.15) is 0 Å². The van der Waals surface area contributed by atoms with E-state index >= 15 is 0 Å². The maximum absolute atomic E-state index is 12.8. The molecule has 0 bridgehead atoms. The highest BCUT2D eigenvalue weighted by atomic mass is 35.5. The van der Waals surface area contributed by atoms with E-state index in [9.17, 15) is 4.79 Å². The van der Waals surface area contributed by atoms with Crippen LogP contribution in [0.2, 0.25) is 5.02 Å². The molecular formula is C21H21ClN4O. The first-order chi connectivity index (χ1) is 13.1. The molecule has 1 fully saturated rings. The van der Waals surface area contributed by atoms with Gasteiger partial charge in [0, 0.05) is 54.7 Å². The van der Waals surface area contributed by atoms with Crippen LogP contribution >= 0.6 is 11.6 Å². The van der Waals surface area contributed by atoms with Crippen molar-refractivity contribution < 1.29 is 4.79 Å². The van der Waals surface area contributed by atoms with Crippen molar-refractivity contribution in [3.05, 3.63) is 71.4 Å². The van der Waals surface area contributed by atoms with E-state index in [4.69, 9.17) is 16.6 Å². The Hall–Kier alpha value is -2.66. The minimum absolute atomic E-state index is 0.0156. The fraction of sp³-hybridized carbons (Fsp3) is 0.286. The number of imidazole rings is 1. The monoisotopic (exact) mass is 380 g/mol. The zero-order chi connectivity index (χ0) is 18.8. The number of nitrogens with zero attached hydrogens (tertiary/aromatic N) is 4. The lowest BCUT2D eigenvalue weighted by molar-refractivity contribution is 0.0690. The molecule has 4 rings (SSSR count). The summed E-state index contributed by atoms with van der Waals surface area (Å²) in [5, 5.41) is 0.698. The molecule has 2 aromatic heterocycles. The Morgan fingerprint density at radius 1 is 1.22 bits per heavy atom. The highest BCUT2D eigenvalue weighted by Gasteiger charge is 2.28. The number of carbonyl (C=O) groups excluding carboxylic acids is 1. The van der Waals surface area contributed by atoms with Gasteiger partial charge in [0.05, 0.1) is 5.69 Å². The predicted octanol–water partition coefficient (Wildman–Crippen LogP) is 4.16. The predicted molar refractivity (Wildman–Crippen MR) is 106 cm³/mol. The molecule has 3 aromatic rings. The van der Waals surface area contributed by atoms with Gasteiger partial charge < -0.3 is 9.47 Å². The topological polar surface area (TPSA) is 51.0 Å². The van der Waals surface area contributed by atoms with Gasteiger partial charge in [0.1, 0.15) is 0 Å². The zero-order valence-electron chi connectivity index (χ0n) is 15.2. The molecule has 1 unspecified atom stereocenters. The van der Waals surface area contributed by atoms with Gasteiger partial charge in [-0.1, -0.05) is 29.8 Å². The normalized spacial score (nSPS) is 17.1. The van der Waals surface area contributed by atoms with E-state index in [2.05, 4.69) is 4.98 Å². The Morgan fingerprint density at radius 2 is 2.07 bits per heavy atom. The number of rotatable bonds is 3. The summed E-state index contributed by atoms with van der Waals surface area (Å²) in [5.41, 5.74) is 2.92. The number of halogens is 1. The Balaban J connectivity index is 1.56. The first-order valence-electron chi connectivity index (χ1n) is 9.11. The molecule has 27 heavy (non-hydrogen) atoms. The molecule has 1 aliphatic rings. The molecule has 0 spiro atoms. The number of benzene rings is 1.